The summed E-state index contributed by atoms with van der Waals surface area (Å²) >= 11 is 0. The third-order valence-electron chi connectivity index (χ3n) is 3.87. The van der Waals surface area contributed by atoms with Crippen molar-refractivity contribution in [2.75, 3.05) is 13.7 Å². The second-order valence-electron chi connectivity index (χ2n) is 4.93. The standard InChI is InChI=1S/C14H19NO3/c1-18-11-5-4-10-3-2-6-14(9-15,8-13(16)17)12(10)7-11/h4-5,7H,2-3,6,8-9,15H2,1H3,(H,16,17). The molecule has 0 bridgehead atoms. The highest BCUT2D eigenvalue weighted by atomic mass is 16.5. The van der Waals surface area contributed by atoms with Crippen molar-refractivity contribution in [3.05, 3.63) is 29.3 Å². The molecule has 98 valence electrons. The molecule has 4 heteroatoms. The topological polar surface area (TPSA) is 72.5 Å². The van der Waals surface area contributed by atoms with E-state index in [9.17, 15) is 4.79 Å². The van der Waals surface area contributed by atoms with Gasteiger partial charge in [0.05, 0.1) is 13.5 Å². The monoisotopic (exact) mass is 249 g/mol. The fourth-order valence-corrected chi connectivity index (χ4v) is 2.90. The van der Waals surface area contributed by atoms with E-state index in [1.54, 1.807) is 7.11 Å². The zero-order chi connectivity index (χ0) is 13.2. The highest BCUT2D eigenvalue weighted by Crippen LogP contribution is 2.40. The lowest BCUT2D eigenvalue weighted by atomic mass is 9.68. The molecule has 0 spiro atoms. The fraction of sp³-hybridized carbons (Fsp3) is 0.500. The summed E-state index contributed by atoms with van der Waals surface area (Å²) in [6.45, 7) is 0.361. The molecule has 1 aliphatic carbocycles. The van der Waals surface area contributed by atoms with E-state index in [-0.39, 0.29) is 6.42 Å². The molecule has 0 amide bonds. The van der Waals surface area contributed by atoms with Gasteiger partial charge in [-0.2, -0.15) is 0 Å². The summed E-state index contributed by atoms with van der Waals surface area (Å²) in [4.78, 5) is 11.1. The summed E-state index contributed by atoms with van der Waals surface area (Å²) in [7, 11) is 1.62. The molecule has 0 radical (unpaired) electrons. The van der Waals surface area contributed by atoms with Crippen LogP contribution in [0.15, 0.2) is 18.2 Å². The summed E-state index contributed by atoms with van der Waals surface area (Å²) in [6, 6.07) is 5.90. The van der Waals surface area contributed by atoms with Crippen LogP contribution >= 0.6 is 0 Å². The van der Waals surface area contributed by atoms with Crippen molar-refractivity contribution in [3.63, 3.8) is 0 Å². The number of hydrogen-bond donors (Lipinski definition) is 2. The van der Waals surface area contributed by atoms with Gasteiger partial charge in [-0.1, -0.05) is 6.07 Å². The van der Waals surface area contributed by atoms with Gasteiger partial charge in [0.1, 0.15) is 5.75 Å². The van der Waals surface area contributed by atoms with E-state index in [1.807, 2.05) is 18.2 Å². The molecule has 0 fully saturated rings. The predicted octanol–water partition coefficient (Wildman–Crippen LogP) is 1.70. The third kappa shape index (κ3) is 2.20. The van der Waals surface area contributed by atoms with Gasteiger partial charge in [0.15, 0.2) is 0 Å². The Hall–Kier alpha value is -1.55. The average Bonchev–Trinajstić information content (AvgIpc) is 2.38. The smallest absolute Gasteiger partial charge is 0.304 e. The maximum Gasteiger partial charge on any atom is 0.304 e. The van der Waals surface area contributed by atoms with Gasteiger partial charge in [-0.25, -0.2) is 0 Å². The fourth-order valence-electron chi connectivity index (χ4n) is 2.90. The Morgan fingerprint density at radius 2 is 2.33 bits per heavy atom. The van der Waals surface area contributed by atoms with E-state index in [1.165, 1.54) is 5.56 Å². The van der Waals surface area contributed by atoms with Crippen molar-refractivity contribution in [2.45, 2.75) is 31.1 Å². The van der Waals surface area contributed by atoms with Crippen LogP contribution in [0.1, 0.15) is 30.4 Å². The normalized spacial score (nSPS) is 22.3. The Kier molecular flexibility index (Phi) is 3.57. The SMILES string of the molecule is COc1ccc2c(c1)C(CN)(CC(=O)O)CCC2. The lowest BCUT2D eigenvalue weighted by Gasteiger charge is -2.37. The number of aryl methyl sites for hydroxylation is 1. The molecule has 2 rings (SSSR count). The Morgan fingerprint density at radius 1 is 1.56 bits per heavy atom. The van der Waals surface area contributed by atoms with E-state index in [2.05, 4.69) is 0 Å². The first kappa shape index (κ1) is 12.9. The van der Waals surface area contributed by atoms with Crippen molar-refractivity contribution < 1.29 is 14.6 Å². The Morgan fingerprint density at radius 3 is 2.94 bits per heavy atom. The van der Waals surface area contributed by atoms with E-state index in [4.69, 9.17) is 15.6 Å². The second kappa shape index (κ2) is 4.98. The molecule has 0 aromatic heterocycles. The quantitative estimate of drug-likeness (QED) is 0.852. The van der Waals surface area contributed by atoms with Gasteiger partial charge in [0.2, 0.25) is 0 Å². The molecule has 1 aliphatic rings. The minimum Gasteiger partial charge on any atom is -0.497 e. The largest absolute Gasteiger partial charge is 0.497 e. The van der Waals surface area contributed by atoms with Crippen LogP contribution in [0.4, 0.5) is 0 Å². The zero-order valence-electron chi connectivity index (χ0n) is 10.6. The maximum absolute atomic E-state index is 11.1. The van der Waals surface area contributed by atoms with E-state index < -0.39 is 11.4 Å². The molecule has 3 N–H and O–H groups in total. The molecule has 1 unspecified atom stereocenters. The van der Waals surface area contributed by atoms with Gasteiger partial charge in [0.25, 0.3) is 0 Å². The number of carboxylic acids is 1. The molecule has 1 atom stereocenters. The number of benzene rings is 1. The number of nitrogens with two attached hydrogens (primary N) is 1. The van der Waals surface area contributed by atoms with E-state index in [0.717, 1.165) is 30.6 Å². The number of hydrogen-bond acceptors (Lipinski definition) is 3. The lowest BCUT2D eigenvalue weighted by Crippen LogP contribution is -2.40. The molecule has 1 aromatic rings. The Labute approximate surface area is 107 Å². The van der Waals surface area contributed by atoms with E-state index >= 15 is 0 Å². The predicted molar refractivity (Wildman–Crippen MR) is 68.9 cm³/mol. The Balaban J connectivity index is 2.49. The van der Waals surface area contributed by atoms with Crippen LogP contribution in [0.3, 0.4) is 0 Å². The summed E-state index contributed by atoms with van der Waals surface area (Å²) in [5, 5.41) is 9.13. The van der Waals surface area contributed by atoms with Crippen molar-refractivity contribution in [3.8, 4) is 5.75 Å². The van der Waals surface area contributed by atoms with Gasteiger partial charge in [-0.3, -0.25) is 4.79 Å². The van der Waals surface area contributed by atoms with Crippen LogP contribution in [0.5, 0.6) is 5.75 Å². The first-order valence-electron chi connectivity index (χ1n) is 6.20. The third-order valence-corrected chi connectivity index (χ3v) is 3.87. The molecule has 0 aliphatic heterocycles. The number of carbonyl (C=O) groups is 1. The maximum atomic E-state index is 11.1. The summed E-state index contributed by atoms with van der Waals surface area (Å²) < 4.78 is 5.23. The van der Waals surface area contributed by atoms with Crippen LogP contribution in [0.2, 0.25) is 0 Å². The summed E-state index contributed by atoms with van der Waals surface area (Å²) in [6.07, 6.45) is 2.89. The molecule has 1 aromatic carbocycles. The van der Waals surface area contributed by atoms with Gasteiger partial charge in [0, 0.05) is 12.0 Å². The van der Waals surface area contributed by atoms with Crippen molar-refractivity contribution in [1.29, 1.82) is 0 Å². The molecule has 0 saturated heterocycles. The number of aliphatic carboxylic acids is 1. The Bertz CT molecular complexity index is 458. The second-order valence-corrected chi connectivity index (χ2v) is 4.93. The molecule has 0 saturated carbocycles. The van der Waals surface area contributed by atoms with Crippen LogP contribution in [0, 0.1) is 0 Å². The van der Waals surface area contributed by atoms with Crippen LogP contribution < -0.4 is 10.5 Å². The van der Waals surface area contributed by atoms with Crippen LogP contribution in [-0.2, 0) is 16.6 Å². The first-order chi connectivity index (χ1) is 8.61. The van der Waals surface area contributed by atoms with Gasteiger partial charge < -0.3 is 15.6 Å². The number of methoxy groups -OCH3 is 1. The molecular weight excluding hydrogens is 230 g/mol. The van der Waals surface area contributed by atoms with Crippen molar-refractivity contribution in [1.82, 2.24) is 0 Å². The van der Waals surface area contributed by atoms with Gasteiger partial charge in [-0.05, 0) is 42.5 Å². The molecular formula is C14H19NO3. The van der Waals surface area contributed by atoms with Crippen LogP contribution in [0.25, 0.3) is 0 Å². The number of ether oxygens (including phenoxy) is 1. The molecule has 0 heterocycles. The summed E-state index contributed by atoms with van der Waals surface area (Å²) in [5.41, 5.74) is 7.71. The minimum atomic E-state index is -0.795. The zero-order valence-corrected chi connectivity index (χ0v) is 10.6. The van der Waals surface area contributed by atoms with Gasteiger partial charge in [-0.15, -0.1) is 0 Å². The number of rotatable bonds is 4. The highest BCUT2D eigenvalue weighted by molar-refractivity contribution is 5.69. The van der Waals surface area contributed by atoms with Crippen LogP contribution in [-0.4, -0.2) is 24.7 Å². The number of fused-ring (bicyclic) bond motifs is 1. The molecule has 4 nitrogen and oxygen atoms in total. The van der Waals surface area contributed by atoms with Gasteiger partial charge >= 0.3 is 5.97 Å². The minimum absolute atomic E-state index is 0.0870. The summed E-state index contributed by atoms with van der Waals surface area (Å²) in [5.74, 6) is -0.0324. The van der Waals surface area contributed by atoms with Crippen molar-refractivity contribution >= 4 is 5.97 Å². The highest BCUT2D eigenvalue weighted by Gasteiger charge is 2.37. The van der Waals surface area contributed by atoms with Crippen molar-refractivity contribution in [2.24, 2.45) is 5.73 Å². The van der Waals surface area contributed by atoms with E-state index in [0.29, 0.717) is 6.54 Å². The number of carboxylic acid groups (broad SMARTS) is 1. The lowest BCUT2D eigenvalue weighted by molar-refractivity contribution is -0.138. The first-order valence-corrected chi connectivity index (χ1v) is 6.20. The average molecular weight is 249 g/mol. The molecule has 18 heavy (non-hydrogen) atoms.